The number of anilines is 1. The summed E-state index contributed by atoms with van der Waals surface area (Å²) in [6, 6.07) is 4.98. The number of carbonyl (C=O) groups excluding carboxylic acids is 1. The molecule has 0 spiro atoms. The maximum atomic E-state index is 12.9. The third-order valence-corrected chi connectivity index (χ3v) is 2.51. The molecule has 0 atom stereocenters. The molecule has 1 amide bonds. The highest BCUT2D eigenvalue weighted by atomic mass is 19.3. The predicted molar refractivity (Wildman–Crippen MR) is 66.2 cm³/mol. The molecular formula is C12H12F2N4O2. The number of pyridine rings is 1. The van der Waals surface area contributed by atoms with E-state index in [9.17, 15) is 13.6 Å². The number of nitrogens with one attached hydrogen (secondary N) is 1. The Kier molecular flexibility index (Phi) is 4.04. The monoisotopic (exact) mass is 282 g/mol. The van der Waals surface area contributed by atoms with E-state index in [1.807, 2.05) is 5.32 Å². The topological polar surface area (TPSA) is 80.0 Å². The van der Waals surface area contributed by atoms with E-state index < -0.39 is 18.4 Å². The van der Waals surface area contributed by atoms with Gasteiger partial charge in [-0.25, -0.2) is 0 Å². The summed E-state index contributed by atoms with van der Waals surface area (Å²) in [7, 11) is 0. The Morgan fingerprint density at radius 3 is 2.70 bits per heavy atom. The van der Waals surface area contributed by atoms with Crippen LogP contribution in [-0.2, 0) is 11.3 Å². The number of hydrogen-bond donors (Lipinski definition) is 2. The normalized spacial score (nSPS) is 11.3. The fourth-order valence-corrected chi connectivity index (χ4v) is 1.47. The first kappa shape index (κ1) is 14.1. The number of halogens is 2. The summed E-state index contributed by atoms with van der Waals surface area (Å²) in [6.45, 7) is -1.12. The highest BCUT2D eigenvalue weighted by molar-refractivity contribution is 5.95. The van der Waals surface area contributed by atoms with Crippen LogP contribution in [0.1, 0.15) is 5.56 Å². The zero-order chi connectivity index (χ0) is 14.6. The Bertz CT molecular complexity index is 586. The van der Waals surface area contributed by atoms with Gasteiger partial charge >= 0.3 is 5.92 Å². The van der Waals surface area contributed by atoms with Gasteiger partial charge in [0.25, 0.3) is 5.91 Å². The lowest BCUT2D eigenvalue weighted by Crippen LogP contribution is -2.37. The highest BCUT2D eigenvalue weighted by Crippen LogP contribution is 2.15. The maximum Gasteiger partial charge on any atom is 0.347 e. The van der Waals surface area contributed by atoms with E-state index >= 15 is 0 Å². The third kappa shape index (κ3) is 3.35. The fourth-order valence-electron chi connectivity index (χ4n) is 1.47. The van der Waals surface area contributed by atoms with Gasteiger partial charge in [-0.1, -0.05) is 0 Å². The Morgan fingerprint density at radius 2 is 2.05 bits per heavy atom. The molecule has 2 rings (SSSR count). The van der Waals surface area contributed by atoms with E-state index in [4.69, 9.17) is 5.11 Å². The van der Waals surface area contributed by atoms with Crippen LogP contribution >= 0.6 is 0 Å². The van der Waals surface area contributed by atoms with Crippen molar-refractivity contribution in [2.45, 2.75) is 12.5 Å². The van der Waals surface area contributed by atoms with Crippen LogP contribution in [0.25, 0.3) is 0 Å². The van der Waals surface area contributed by atoms with Crippen molar-refractivity contribution in [1.82, 2.24) is 14.8 Å². The van der Waals surface area contributed by atoms with Gasteiger partial charge in [0.1, 0.15) is 6.61 Å². The number of aliphatic hydroxyl groups is 1. The summed E-state index contributed by atoms with van der Waals surface area (Å²) in [5.74, 6) is -5.42. The lowest BCUT2D eigenvalue weighted by molar-refractivity contribution is -0.145. The van der Waals surface area contributed by atoms with Gasteiger partial charge in [-0.15, -0.1) is 0 Å². The summed E-state index contributed by atoms with van der Waals surface area (Å²) in [6.07, 6.45) is 4.81. The molecule has 106 valence electrons. The standard InChI is InChI=1S/C12H12F2N4O2/c13-12(14,8-19)11(20)16-10-3-6-18(17-10)7-9-1-4-15-5-2-9/h1-6,19H,7-8H2,(H,16,17,20). The van der Waals surface area contributed by atoms with Crippen LogP contribution in [0.5, 0.6) is 0 Å². The van der Waals surface area contributed by atoms with Gasteiger partial charge in [0.2, 0.25) is 0 Å². The van der Waals surface area contributed by atoms with E-state index in [1.54, 1.807) is 30.7 Å². The average Bonchev–Trinajstić information content (AvgIpc) is 2.87. The molecule has 0 bridgehead atoms. The van der Waals surface area contributed by atoms with Crippen LogP contribution in [0.2, 0.25) is 0 Å². The molecule has 0 saturated carbocycles. The summed E-state index contributed by atoms with van der Waals surface area (Å²) in [4.78, 5) is 15.0. The van der Waals surface area contributed by atoms with Crippen molar-refractivity contribution in [1.29, 1.82) is 0 Å². The van der Waals surface area contributed by atoms with Gasteiger partial charge < -0.3 is 10.4 Å². The molecule has 2 aromatic heterocycles. The molecule has 2 N–H and O–H groups in total. The number of hydrogen-bond acceptors (Lipinski definition) is 4. The van der Waals surface area contributed by atoms with Crippen molar-refractivity contribution in [3.05, 3.63) is 42.4 Å². The molecule has 0 aliphatic carbocycles. The largest absolute Gasteiger partial charge is 0.390 e. The van der Waals surface area contributed by atoms with Crippen LogP contribution in [0.3, 0.4) is 0 Å². The molecule has 2 aromatic rings. The van der Waals surface area contributed by atoms with Crippen LogP contribution in [0, 0.1) is 0 Å². The Labute approximate surface area is 113 Å². The zero-order valence-corrected chi connectivity index (χ0v) is 10.3. The summed E-state index contributed by atoms with van der Waals surface area (Å²) >= 11 is 0. The van der Waals surface area contributed by atoms with Gasteiger partial charge in [-0.05, 0) is 17.7 Å². The smallest absolute Gasteiger partial charge is 0.347 e. The molecule has 8 heteroatoms. The number of aliphatic hydroxyl groups excluding tert-OH is 1. The van der Waals surface area contributed by atoms with E-state index in [0.717, 1.165) is 5.56 Å². The van der Waals surface area contributed by atoms with E-state index in [0.29, 0.717) is 6.54 Å². The molecule has 20 heavy (non-hydrogen) atoms. The molecule has 0 aromatic carbocycles. The molecule has 0 unspecified atom stereocenters. The maximum absolute atomic E-state index is 12.9. The molecule has 6 nitrogen and oxygen atoms in total. The first-order valence-corrected chi connectivity index (χ1v) is 5.74. The summed E-state index contributed by atoms with van der Waals surface area (Å²) < 4.78 is 27.3. The van der Waals surface area contributed by atoms with Gasteiger partial charge in [0.15, 0.2) is 5.82 Å². The average molecular weight is 282 g/mol. The van der Waals surface area contributed by atoms with Crippen molar-refractivity contribution < 1.29 is 18.7 Å². The van der Waals surface area contributed by atoms with Crippen molar-refractivity contribution >= 4 is 11.7 Å². The Hall–Kier alpha value is -2.35. The SMILES string of the molecule is O=C(Nc1ccn(Cc2ccncc2)n1)C(F)(F)CO. The zero-order valence-electron chi connectivity index (χ0n) is 10.3. The van der Waals surface area contributed by atoms with Crippen LogP contribution in [-0.4, -0.2) is 38.3 Å². The lowest BCUT2D eigenvalue weighted by Gasteiger charge is -2.11. The number of aromatic nitrogens is 3. The molecule has 0 aliphatic rings. The quantitative estimate of drug-likeness (QED) is 0.853. The first-order valence-electron chi connectivity index (χ1n) is 5.74. The second kappa shape index (κ2) is 5.74. The van der Waals surface area contributed by atoms with Crippen molar-refractivity contribution in [3.8, 4) is 0 Å². The van der Waals surface area contributed by atoms with Crippen molar-refractivity contribution in [2.24, 2.45) is 0 Å². The minimum absolute atomic E-state index is 0.00261. The van der Waals surface area contributed by atoms with Crippen molar-refractivity contribution in [2.75, 3.05) is 11.9 Å². The number of nitrogens with zero attached hydrogens (tertiary/aromatic N) is 3. The second-order valence-electron chi connectivity index (χ2n) is 4.07. The molecule has 0 saturated heterocycles. The van der Waals surface area contributed by atoms with E-state index in [-0.39, 0.29) is 5.82 Å². The molecular weight excluding hydrogens is 270 g/mol. The van der Waals surface area contributed by atoms with Gasteiger partial charge in [0, 0.05) is 24.7 Å². The third-order valence-electron chi connectivity index (χ3n) is 2.51. The molecule has 0 fully saturated rings. The lowest BCUT2D eigenvalue weighted by atomic mass is 10.3. The minimum Gasteiger partial charge on any atom is -0.390 e. The number of amides is 1. The van der Waals surface area contributed by atoms with Gasteiger partial charge in [0.05, 0.1) is 6.54 Å². The van der Waals surface area contributed by atoms with E-state index in [2.05, 4.69) is 10.1 Å². The number of alkyl halides is 2. The first-order chi connectivity index (χ1) is 9.51. The van der Waals surface area contributed by atoms with Crippen LogP contribution in [0.15, 0.2) is 36.8 Å². The second-order valence-corrected chi connectivity index (χ2v) is 4.07. The number of rotatable bonds is 5. The summed E-state index contributed by atoms with van der Waals surface area (Å²) in [5.41, 5.74) is 0.932. The van der Waals surface area contributed by atoms with E-state index in [1.165, 1.54) is 10.7 Å². The Balaban J connectivity index is 2.01. The van der Waals surface area contributed by atoms with Gasteiger partial charge in [-0.3, -0.25) is 14.5 Å². The fraction of sp³-hybridized carbons (Fsp3) is 0.250. The molecule has 2 heterocycles. The summed E-state index contributed by atoms with van der Waals surface area (Å²) in [5, 5.41) is 14.3. The Morgan fingerprint density at radius 1 is 1.35 bits per heavy atom. The number of carbonyl (C=O) groups is 1. The predicted octanol–water partition coefficient (Wildman–Crippen LogP) is 0.892. The highest BCUT2D eigenvalue weighted by Gasteiger charge is 2.38. The van der Waals surface area contributed by atoms with Crippen molar-refractivity contribution in [3.63, 3.8) is 0 Å². The minimum atomic E-state index is -3.82. The van der Waals surface area contributed by atoms with Crippen LogP contribution < -0.4 is 5.32 Å². The molecule has 0 radical (unpaired) electrons. The molecule has 0 aliphatic heterocycles. The van der Waals surface area contributed by atoms with Gasteiger partial charge in [-0.2, -0.15) is 13.9 Å². The van der Waals surface area contributed by atoms with Crippen LogP contribution in [0.4, 0.5) is 14.6 Å².